The molecule has 5 nitrogen and oxygen atoms in total. The molecule has 2 aromatic rings. The molecule has 0 unspecified atom stereocenters. The highest BCUT2D eigenvalue weighted by molar-refractivity contribution is 6.30. The number of benzene rings is 2. The van der Waals surface area contributed by atoms with Crippen LogP contribution in [0.4, 0.5) is 5.69 Å². The van der Waals surface area contributed by atoms with Crippen LogP contribution in [0.3, 0.4) is 0 Å². The van der Waals surface area contributed by atoms with Gasteiger partial charge < -0.3 is 10.1 Å². The summed E-state index contributed by atoms with van der Waals surface area (Å²) < 4.78 is 5.16. The third-order valence-electron chi connectivity index (χ3n) is 3.86. The van der Waals surface area contributed by atoms with Crippen LogP contribution in [0.25, 0.3) is 0 Å². The van der Waals surface area contributed by atoms with Gasteiger partial charge in [-0.05, 0) is 48.9 Å². The fourth-order valence-corrected chi connectivity index (χ4v) is 2.47. The Labute approximate surface area is 163 Å². The molecule has 0 aromatic heterocycles. The minimum atomic E-state index is -0.419. The lowest BCUT2D eigenvalue weighted by Gasteiger charge is -2.08. The number of anilines is 1. The maximum absolute atomic E-state index is 12.1. The van der Waals surface area contributed by atoms with E-state index in [1.165, 1.54) is 0 Å². The SMILES string of the molecule is CCCCOC(=O)c1cccc(NC(=O)CCC(=O)c2ccc(Cl)cc2)c1. The van der Waals surface area contributed by atoms with Crippen LogP contribution in [0, 0.1) is 0 Å². The Morgan fingerprint density at radius 3 is 2.44 bits per heavy atom. The lowest BCUT2D eigenvalue weighted by Crippen LogP contribution is -2.14. The molecule has 0 saturated heterocycles. The molecule has 27 heavy (non-hydrogen) atoms. The molecule has 0 aliphatic rings. The van der Waals surface area contributed by atoms with Gasteiger partial charge in [-0.25, -0.2) is 4.79 Å². The second-order valence-corrected chi connectivity index (χ2v) is 6.48. The average molecular weight is 388 g/mol. The second kappa shape index (κ2) is 10.5. The molecule has 0 bridgehead atoms. The van der Waals surface area contributed by atoms with E-state index in [1.807, 2.05) is 6.92 Å². The van der Waals surface area contributed by atoms with Crippen molar-refractivity contribution in [2.24, 2.45) is 0 Å². The first-order valence-electron chi connectivity index (χ1n) is 8.85. The van der Waals surface area contributed by atoms with Gasteiger partial charge >= 0.3 is 5.97 Å². The van der Waals surface area contributed by atoms with E-state index in [0.29, 0.717) is 28.4 Å². The van der Waals surface area contributed by atoms with Gasteiger partial charge in [-0.2, -0.15) is 0 Å². The molecule has 1 amide bonds. The Kier molecular flexibility index (Phi) is 8.01. The lowest BCUT2D eigenvalue weighted by molar-refractivity contribution is -0.116. The maximum Gasteiger partial charge on any atom is 0.338 e. The number of ketones is 1. The Morgan fingerprint density at radius 1 is 1.00 bits per heavy atom. The summed E-state index contributed by atoms with van der Waals surface area (Å²) in [6.07, 6.45) is 1.89. The van der Waals surface area contributed by atoms with Gasteiger partial charge in [-0.1, -0.05) is 31.0 Å². The number of halogens is 1. The topological polar surface area (TPSA) is 72.5 Å². The van der Waals surface area contributed by atoms with Crippen LogP contribution in [0.2, 0.25) is 5.02 Å². The van der Waals surface area contributed by atoms with Crippen molar-refractivity contribution in [2.75, 3.05) is 11.9 Å². The Morgan fingerprint density at radius 2 is 1.74 bits per heavy atom. The molecule has 1 N–H and O–H groups in total. The molecular weight excluding hydrogens is 366 g/mol. The zero-order valence-corrected chi connectivity index (χ0v) is 15.9. The third kappa shape index (κ3) is 6.87. The largest absolute Gasteiger partial charge is 0.462 e. The van der Waals surface area contributed by atoms with E-state index in [2.05, 4.69) is 5.32 Å². The summed E-state index contributed by atoms with van der Waals surface area (Å²) in [7, 11) is 0. The van der Waals surface area contributed by atoms with Gasteiger partial charge in [0.15, 0.2) is 5.78 Å². The fourth-order valence-electron chi connectivity index (χ4n) is 2.35. The van der Waals surface area contributed by atoms with Gasteiger partial charge in [0.05, 0.1) is 12.2 Å². The smallest absolute Gasteiger partial charge is 0.338 e. The molecule has 142 valence electrons. The molecule has 0 fully saturated rings. The quantitative estimate of drug-likeness (QED) is 0.377. The number of carbonyl (C=O) groups excluding carboxylic acids is 3. The summed E-state index contributed by atoms with van der Waals surface area (Å²) in [4.78, 5) is 36.2. The van der Waals surface area contributed by atoms with Crippen LogP contribution in [0.15, 0.2) is 48.5 Å². The van der Waals surface area contributed by atoms with Crippen molar-refractivity contribution in [1.82, 2.24) is 0 Å². The normalized spacial score (nSPS) is 10.3. The highest BCUT2D eigenvalue weighted by atomic mass is 35.5. The highest BCUT2D eigenvalue weighted by Gasteiger charge is 2.11. The molecule has 0 saturated carbocycles. The number of esters is 1. The number of carbonyl (C=O) groups is 3. The summed E-state index contributed by atoms with van der Waals surface area (Å²) in [6.45, 7) is 2.39. The number of hydrogen-bond acceptors (Lipinski definition) is 4. The zero-order chi connectivity index (χ0) is 19.6. The summed E-state index contributed by atoms with van der Waals surface area (Å²) >= 11 is 5.80. The molecule has 0 aliphatic carbocycles. The van der Waals surface area contributed by atoms with Crippen LogP contribution in [0.1, 0.15) is 53.3 Å². The number of nitrogens with one attached hydrogen (secondary N) is 1. The molecule has 0 radical (unpaired) electrons. The van der Waals surface area contributed by atoms with Gasteiger partial charge in [0.2, 0.25) is 5.91 Å². The van der Waals surface area contributed by atoms with E-state index < -0.39 is 5.97 Å². The number of ether oxygens (including phenoxy) is 1. The van der Waals surface area contributed by atoms with Gasteiger partial charge in [-0.15, -0.1) is 0 Å². The molecule has 0 aliphatic heterocycles. The summed E-state index contributed by atoms with van der Waals surface area (Å²) in [5.74, 6) is -0.846. The number of amides is 1. The summed E-state index contributed by atoms with van der Waals surface area (Å²) in [6, 6.07) is 13.1. The number of hydrogen-bond donors (Lipinski definition) is 1. The van der Waals surface area contributed by atoms with Crippen molar-refractivity contribution < 1.29 is 19.1 Å². The third-order valence-corrected chi connectivity index (χ3v) is 4.11. The van der Waals surface area contributed by atoms with Crippen LogP contribution >= 0.6 is 11.6 Å². The minimum absolute atomic E-state index is 0.0482. The summed E-state index contributed by atoms with van der Waals surface area (Å²) in [5, 5.41) is 3.25. The molecule has 0 atom stereocenters. The van der Waals surface area contributed by atoms with Crippen LogP contribution in [-0.4, -0.2) is 24.3 Å². The average Bonchev–Trinajstić information content (AvgIpc) is 2.67. The van der Waals surface area contributed by atoms with Gasteiger partial charge in [0, 0.05) is 29.1 Å². The van der Waals surface area contributed by atoms with Crippen molar-refractivity contribution >= 4 is 34.9 Å². The van der Waals surface area contributed by atoms with Crippen LogP contribution in [0.5, 0.6) is 0 Å². The van der Waals surface area contributed by atoms with Crippen LogP contribution in [-0.2, 0) is 9.53 Å². The van der Waals surface area contributed by atoms with Crippen molar-refractivity contribution in [2.45, 2.75) is 32.6 Å². The van der Waals surface area contributed by atoms with E-state index in [9.17, 15) is 14.4 Å². The molecular formula is C21H22ClNO4. The molecule has 6 heteroatoms. The first kappa shape index (κ1) is 20.6. The van der Waals surface area contributed by atoms with Crippen molar-refractivity contribution in [3.05, 3.63) is 64.7 Å². The van der Waals surface area contributed by atoms with Gasteiger partial charge in [0.1, 0.15) is 0 Å². The van der Waals surface area contributed by atoms with Crippen molar-refractivity contribution in [3.8, 4) is 0 Å². The Balaban J connectivity index is 1.86. The first-order chi connectivity index (χ1) is 13.0. The molecule has 0 spiro atoms. The van der Waals surface area contributed by atoms with E-state index in [1.54, 1.807) is 48.5 Å². The van der Waals surface area contributed by atoms with Gasteiger partial charge in [0.25, 0.3) is 0 Å². The standard InChI is InChI=1S/C21H22ClNO4/c1-2-3-13-27-21(26)16-5-4-6-18(14-16)23-20(25)12-11-19(24)15-7-9-17(22)10-8-15/h4-10,14H,2-3,11-13H2,1H3,(H,23,25). The van der Waals surface area contributed by atoms with E-state index in [-0.39, 0.29) is 24.5 Å². The van der Waals surface area contributed by atoms with E-state index in [0.717, 1.165) is 12.8 Å². The zero-order valence-electron chi connectivity index (χ0n) is 15.2. The monoisotopic (exact) mass is 387 g/mol. The predicted molar refractivity (Wildman–Crippen MR) is 105 cm³/mol. The molecule has 0 heterocycles. The highest BCUT2D eigenvalue weighted by Crippen LogP contribution is 2.14. The van der Waals surface area contributed by atoms with E-state index >= 15 is 0 Å². The predicted octanol–water partition coefficient (Wildman–Crippen LogP) is 4.90. The molecule has 2 rings (SSSR count). The number of rotatable bonds is 9. The summed E-state index contributed by atoms with van der Waals surface area (Å²) in [5.41, 5.74) is 1.38. The maximum atomic E-state index is 12.1. The van der Waals surface area contributed by atoms with Gasteiger partial charge in [-0.3, -0.25) is 9.59 Å². The molecule has 2 aromatic carbocycles. The van der Waals surface area contributed by atoms with E-state index in [4.69, 9.17) is 16.3 Å². The Bertz CT molecular complexity index is 802. The Hall–Kier alpha value is -2.66. The number of unbranched alkanes of at least 4 members (excludes halogenated alkanes) is 1. The minimum Gasteiger partial charge on any atom is -0.462 e. The van der Waals surface area contributed by atoms with Crippen LogP contribution < -0.4 is 5.32 Å². The fraction of sp³-hybridized carbons (Fsp3) is 0.286. The lowest BCUT2D eigenvalue weighted by atomic mass is 10.1. The number of Topliss-reactive ketones (excluding diaryl/α,β-unsaturated/α-hetero) is 1. The first-order valence-corrected chi connectivity index (χ1v) is 9.23. The van der Waals surface area contributed by atoms with Crippen molar-refractivity contribution in [3.63, 3.8) is 0 Å². The van der Waals surface area contributed by atoms with Crippen molar-refractivity contribution in [1.29, 1.82) is 0 Å². The second-order valence-electron chi connectivity index (χ2n) is 6.05.